The molecule has 2 aromatic rings. The van der Waals surface area contributed by atoms with Crippen LogP contribution < -0.4 is 5.73 Å². The Hall–Kier alpha value is -1.40. The summed E-state index contributed by atoms with van der Waals surface area (Å²) in [6.45, 7) is 2.21. The Bertz CT molecular complexity index is 694. The Morgan fingerprint density at radius 3 is 2.67 bits per heavy atom. The van der Waals surface area contributed by atoms with Crippen LogP contribution in [0, 0.1) is 0 Å². The van der Waals surface area contributed by atoms with Gasteiger partial charge in [0.25, 0.3) is 5.91 Å². The molecule has 0 radical (unpaired) electrons. The van der Waals surface area contributed by atoms with Crippen molar-refractivity contribution in [3.05, 3.63) is 69.7 Å². The quantitative estimate of drug-likeness (QED) is 0.840. The van der Waals surface area contributed by atoms with Gasteiger partial charge in [0.2, 0.25) is 0 Å². The van der Waals surface area contributed by atoms with Crippen LogP contribution in [0.25, 0.3) is 0 Å². The highest BCUT2D eigenvalue weighted by Gasteiger charge is 2.26. The topological polar surface area (TPSA) is 55.6 Å². The first-order valence-electron chi connectivity index (χ1n) is 7.63. The number of rotatable bonds is 3. The molecule has 1 aliphatic rings. The summed E-state index contributed by atoms with van der Waals surface area (Å²) >= 11 is 3.48. The summed E-state index contributed by atoms with van der Waals surface area (Å²) < 4.78 is 6.85. The summed E-state index contributed by atoms with van der Waals surface area (Å²) in [4.78, 5) is 14.5. The maximum Gasteiger partial charge on any atom is 0.254 e. The minimum absolute atomic E-state index is 0. The van der Waals surface area contributed by atoms with Crippen LogP contribution in [0.4, 0.5) is 0 Å². The second-order valence-electron chi connectivity index (χ2n) is 5.57. The molecule has 4 nitrogen and oxygen atoms in total. The number of nitrogens with two attached hydrogens (primary N) is 1. The number of nitrogens with zero attached hydrogens (tertiary/aromatic N) is 1. The lowest BCUT2D eigenvalue weighted by atomic mass is 10.1. The molecule has 24 heavy (non-hydrogen) atoms. The first-order chi connectivity index (χ1) is 11.2. The highest BCUT2D eigenvalue weighted by molar-refractivity contribution is 9.10. The van der Waals surface area contributed by atoms with E-state index in [-0.39, 0.29) is 24.4 Å². The van der Waals surface area contributed by atoms with E-state index in [9.17, 15) is 4.79 Å². The van der Waals surface area contributed by atoms with Crippen molar-refractivity contribution in [3.8, 4) is 0 Å². The highest BCUT2D eigenvalue weighted by Crippen LogP contribution is 2.25. The fraction of sp³-hybridized carbons (Fsp3) is 0.278. The molecular weight excluding hydrogens is 392 g/mol. The summed E-state index contributed by atoms with van der Waals surface area (Å²) in [5.41, 5.74) is 8.39. The van der Waals surface area contributed by atoms with Gasteiger partial charge in [0, 0.05) is 23.1 Å². The number of amides is 1. The molecule has 0 spiro atoms. The van der Waals surface area contributed by atoms with E-state index >= 15 is 0 Å². The number of hydrogen-bond donors (Lipinski definition) is 1. The third-order valence-corrected chi connectivity index (χ3v) is 4.50. The summed E-state index contributed by atoms with van der Waals surface area (Å²) in [5.74, 6) is 0.0388. The van der Waals surface area contributed by atoms with Crippen molar-refractivity contribution in [2.24, 2.45) is 5.73 Å². The molecule has 1 atom stereocenters. The monoisotopic (exact) mass is 410 g/mol. The number of hydrogen-bond acceptors (Lipinski definition) is 3. The van der Waals surface area contributed by atoms with Gasteiger partial charge in [0.05, 0.1) is 13.2 Å². The van der Waals surface area contributed by atoms with Crippen molar-refractivity contribution >= 4 is 34.2 Å². The summed E-state index contributed by atoms with van der Waals surface area (Å²) in [6.07, 6.45) is -0.0893. The van der Waals surface area contributed by atoms with Crippen LogP contribution in [-0.4, -0.2) is 30.5 Å². The van der Waals surface area contributed by atoms with E-state index in [1.807, 2.05) is 53.4 Å². The lowest BCUT2D eigenvalue weighted by molar-refractivity contribution is -0.0228. The van der Waals surface area contributed by atoms with Gasteiger partial charge in [0.15, 0.2) is 0 Å². The molecule has 0 bridgehead atoms. The van der Waals surface area contributed by atoms with Gasteiger partial charge in [-0.1, -0.05) is 40.2 Å². The molecule has 3 rings (SSSR count). The molecule has 0 saturated carbocycles. The minimum Gasteiger partial charge on any atom is -0.370 e. The van der Waals surface area contributed by atoms with E-state index in [2.05, 4.69) is 15.9 Å². The normalized spacial score (nSPS) is 17.2. The van der Waals surface area contributed by atoms with E-state index in [4.69, 9.17) is 10.5 Å². The molecule has 2 aromatic carbocycles. The average Bonchev–Trinajstić information content (AvgIpc) is 2.61. The van der Waals surface area contributed by atoms with E-state index < -0.39 is 0 Å². The van der Waals surface area contributed by atoms with Gasteiger partial charge < -0.3 is 15.4 Å². The van der Waals surface area contributed by atoms with Crippen molar-refractivity contribution in [3.63, 3.8) is 0 Å². The third-order valence-electron chi connectivity index (χ3n) is 4.01. The van der Waals surface area contributed by atoms with E-state index in [0.717, 1.165) is 15.6 Å². The van der Waals surface area contributed by atoms with Crippen LogP contribution >= 0.6 is 28.3 Å². The molecule has 1 fully saturated rings. The Morgan fingerprint density at radius 1 is 1.25 bits per heavy atom. The molecule has 6 heteroatoms. The Kier molecular flexibility index (Phi) is 6.80. The molecule has 1 heterocycles. The molecule has 128 valence electrons. The predicted octanol–water partition coefficient (Wildman–Crippen LogP) is 3.54. The maximum atomic E-state index is 12.7. The van der Waals surface area contributed by atoms with Gasteiger partial charge in [-0.15, -0.1) is 12.4 Å². The van der Waals surface area contributed by atoms with Crippen molar-refractivity contribution in [2.75, 3.05) is 19.7 Å². The molecule has 0 aliphatic carbocycles. The molecule has 1 aliphatic heterocycles. The second-order valence-corrected chi connectivity index (χ2v) is 6.48. The molecule has 1 amide bonds. The summed E-state index contributed by atoms with van der Waals surface area (Å²) in [7, 11) is 0. The molecule has 0 aromatic heterocycles. The lowest BCUT2D eigenvalue weighted by Crippen LogP contribution is -2.42. The van der Waals surface area contributed by atoms with Crippen LogP contribution in [-0.2, 0) is 11.3 Å². The Balaban J connectivity index is 0.00000208. The second kappa shape index (κ2) is 8.62. The fourth-order valence-electron chi connectivity index (χ4n) is 2.71. The van der Waals surface area contributed by atoms with Crippen molar-refractivity contribution in [2.45, 2.75) is 12.6 Å². The van der Waals surface area contributed by atoms with Gasteiger partial charge in [-0.3, -0.25) is 4.79 Å². The zero-order chi connectivity index (χ0) is 16.2. The SMILES string of the molecule is Cl.NCc1ccc(C(=O)N2CCOC(c3cccc(Br)c3)C2)cc1. The molecular formula is C18H20BrClN2O2. The van der Waals surface area contributed by atoms with Gasteiger partial charge in [-0.05, 0) is 35.4 Å². The number of carbonyl (C=O) groups excluding carboxylic acids is 1. The van der Waals surface area contributed by atoms with Crippen LogP contribution in [0.5, 0.6) is 0 Å². The summed E-state index contributed by atoms with van der Waals surface area (Å²) in [6, 6.07) is 15.5. The lowest BCUT2D eigenvalue weighted by Gasteiger charge is -2.33. The Morgan fingerprint density at radius 2 is 2.00 bits per heavy atom. The van der Waals surface area contributed by atoms with Crippen LogP contribution in [0.1, 0.15) is 27.6 Å². The number of ether oxygens (including phenoxy) is 1. The predicted molar refractivity (Wildman–Crippen MR) is 100 cm³/mol. The van der Waals surface area contributed by atoms with E-state index in [1.54, 1.807) is 0 Å². The largest absolute Gasteiger partial charge is 0.370 e. The van der Waals surface area contributed by atoms with Gasteiger partial charge in [-0.25, -0.2) is 0 Å². The zero-order valence-electron chi connectivity index (χ0n) is 13.2. The molecule has 1 saturated heterocycles. The highest BCUT2D eigenvalue weighted by atomic mass is 79.9. The number of morpholine rings is 1. The number of halogens is 2. The van der Waals surface area contributed by atoms with Crippen molar-refractivity contribution in [1.29, 1.82) is 0 Å². The van der Waals surface area contributed by atoms with Crippen LogP contribution in [0.2, 0.25) is 0 Å². The zero-order valence-corrected chi connectivity index (χ0v) is 15.6. The van der Waals surface area contributed by atoms with Gasteiger partial charge in [0.1, 0.15) is 6.10 Å². The van der Waals surface area contributed by atoms with Crippen LogP contribution in [0.3, 0.4) is 0 Å². The number of benzene rings is 2. The minimum atomic E-state index is -0.0893. The van der Waals surface area contributed by atoms with Crippen molar-refractivity contribution in [1.82, 2.24) is 4.90 Å². The van der Waals surface area contributed by atoms with Gasteiger partial charge in [-0.2, -0.15) is 0 Å². The first-order valence-corrected chi connectivity index (χ1v) is 8.42. The fourth-order valence-corrected chi connectivity index (χ4v) is 3.13. The molecule has 2 N–H and O–H groups in total. The maximum absolute atomic E-state index is 12.7. The van der Waals surface area contributed by atoms with E-state index in [0.29, 0.717) is 31.8 Å². The van der Waals surface area contributed by atoms with E-state index in [1.165, 1.54) is 0 Å². The van der Waals surface area contributed by atoms with Crippen molar-refractivity contribution < 1.29 is 9.53 Å². The van der Waals surface area contributed by atoms with Gasteiger partial charge >= 0.3 is 0 Å². The third kappa shape index (κ3) is 4.36. The first kappa shape index (κ1) is 18.9. The Labute approximate surface area is 156 Å². The molecule has 1 unspecified atom stereocenters. The number of carbonyl (C=O) groups is 1. The standard InChI is InChI=1S/C18H19BrN2O2.ClH/c19-16-3-1-2-15(10-16)17-12-21(8-9-23-17)18(22)14-6-4-13(11-20)5-7-14;/h1-7,10,17H,8-9,11-12,20H2;1H. The van der Waals surface area contributed by atoms with Crippen LogP contribution in [0.15, 0.2) is 53.0 Å². The smallest absolute Gasteiger partial charge is 0.254 e. The summed E-state index contributed by atoms with van der Waals surface area (Å²) in [5, 5.41) is 0. The average molecular weight is 412 g/mol.